The van der Waals surface area contributed by atoms with E-state index >= 15 is 17.6 Å². The van der Waals surface area contributed by atoms with Gasteiger partial charge in [-0.05, 0) is 76.0 Å². The molecule has 2 N–H and O–H groups in total. The third kappa shape index (κ3) is 12.0. The molecule has 0 radical (unpaired) electrons. The van der Waals surface area contributed by atoms with Crippen LogP contribution in [0, 0.1) is 29.6 Å². The van der Waals surface area contributed by atoms with Crippen LogP contribution in [0.3, 0.4) is 0 Å². The monoisotopic (exact) mass is 594 g/mol. The molecule has 2 rings (SSSR count). The van der Waals surface area contributed by atoms with Crippen molar-refractivity contribution in [2.45, 2.75) is 109 Å². The Kier molecular flexibility index (Phi) is 18.0. The molecule has 5 nitrogen and oxygen atoms in total. The van der Waals surface area contributed by atoms with E-state index in [0.717, 1.165) is 38.5 Å². The molecule has 0 saturated heterocycles. The average molecular weight is 595 g/mol. The third-order valence-corrected chi connectivity index (χ3v) is 8.83. The Labute approximate surface area is 244 Å². The highest BCUT2D eigenvalue weighted by Crippen LogP contribution is 2.54. The first-order valence-electron chi connectivity index (χ1n) is 15.4. The van der Waals surface area contributed by atoms with Crippen molar-refractivity contribution in [2.75, 3.05) is 33.5 Å². The lowest BCUT2D eigenvalue weighted by Crippen LogP contribution is -2.53. The average Bonchev–Trinajstić information content (AvgIpc) is 2.98. The number of carbonyl (C=O) groups is 1. The minimum absolute atomic E-state index is 0.00900. The number of allylic oxidation sites excluding steroid dienone is 1. The van der Waals surface area contributed by atoms with Crippen LogP contribution >= 0.6 is 0 Å². The fourth-order valence-electron chi connectivity index (χ4n) is 6.11. The van der Waals surface area contributed by atoms with E-state index in [-0.39, 0.29) is 62.9 Å². The largest absolute Gasteiger partial charge is 0.462 e. The maximum atomic E-state index is 15.2. The molecule has 2 saturated carbocycles. The van der Waals surface area contributed by atoms with Crippen molar-refractivity contribution in [3.8, 4) is 0 Å². The van der Waals surface area contributed by atoms with E-state index in [0.29, 0.717) is 31.6 Å². The summed E-state index contributed by atoms with van der Waals surface area (Å²) in [7, 11) is 1.50. The van der Waals surface area contributed by atoms with Crippen molar-refractivity contribution in [3.63, 3.8) is 0 Å². The molecule has 0 bridgehead atoms. The molecule has 0 heterocycles. The van der Waals surface area contributed by atoms with E-state index in [1.165, 1.54) is 7.11 Å². The van der Waals surface area contributed by atoms with E-state index in [2.05, 4.69) is 20.1 Å². The third-order valence-electron chi connectivity index (χ3n) is 8.83. The lowest BCUT2D eigenvalue weighted by atomic mass is 9.69. The number of hydrogen-bond donors (Lipinski definition) is 2. The number of rotatable bonds is 17. The molecule has 0 aromatic heterocycles. The van der Waals surface area contributed by atoms with Crippen LogP contribution in [-0.2, 0) is 14.3 Å². The molecule has 0 amide bonds. The predicted octanol–water partition coefficient (Wildman–Crippen LogP) is 7.75. The van der Waals surface area contributed by atoms with Gasteiger partial charge in [-0.1, -0.05) is 45.3 Å². The normalized spacial score (nSPS) is 24.1. The first kappa shape index (κ1) is 37.6. The van der Waals surface area contributed by atoms with Gasteiger partial charge in [-0.3, -0.25) is 0 Å². The van der Waals surface area contributed by atoms with Crippen molar-refractivity contribution in [2.24, 2.45) is 29.6 Å². The molecule has 0 aromatic rings. The molecule has 0 spiro atoms. The molecule has 0 aliphatic heterocycles. The van der Waals surface area contributed by atoms with Crippen molar-refractivity contribution in [3.05, 3.63) is 24.8 Å². The summed E-state index contributed by atoms with van der Waals surface area (Å²) < 4.78 is 71.1. The van der Waals surface area contributed by atoms with Gasteiger partial charge in [-0.25, -0.2) is 4.79 Å². The standard InChI is InChI=1S/C27H44F4O4.C5H10O/c1-4-5-6-7-20-8-12-23(13-9-20)26(28,29)27(30,31)24-14-10-21(11-15-24)22(17-34-3)18-35-25(33)19(2)16-32;1-2-3-4-5-6/h20-24,32H,2,4-18H2,1,3H3;2,6H,1,3-5H2. The van der Waals surface area contributed by atoms with Gasteiger partial charge in [0.2, 0.25) is 0 Å². The van der Waals surface area contributed by atoms with Gasteiger partial charge in [-0.15, -0.1) is 6.58 Å². The van der Waals surface area contributed by atoms with Gasteiger partial charge < -0.3 is 19.7 Å². The Bertz CT molecular complexity index is 744. The van der Waals surface area contributed by atoms with E-state index in [1.54, 1.807) is 6.08 Å². The summed E-state index contributed by atoms with van der Waals surface area (Å²) in [6, 6.07) is 0. The Hall–Kier alpha value is -1.45. The van der Waals surface area contributed by atoms with Crippen LogP contribution in [-0.4, -0.2) is 61.6 Å². The molecule has 1 unspecified atom stereocenters. The highest BCUT2D eigenvalue weighted by Gasteiger charge is 2.64. The van der Waals surface area contributed by atoms with E-state index in [4.69, 9.17) is 19.7 Å². The molecule has 0 aromatic carbocycles. The van der Waals surface area contributed by atoms with Crippen LogP contribution in [0.25, 0.3) is 0 Å². The molecule has 2 aliphatic carbocycles. The molecule has 2 aliphatic rings. The number of ether oxygens (including phenoxy) is 2. The van der Waals surface area contributed by atoms with Crippen LogP contribution in [0.5, 0.6) is 0 Å². The minimum Gasteiger partial charge on any atom is -0.462 e. The van der Waals surface area contributed by atoms with Gasteiger partial charge in [0.25, 0.3) is 0 Å². The highest BCUT2D eigenvalue weighted by molar-refractivity contribution is 5.87. The van der Waals surface area contributed by atoms with Gasteiger partial charge in [0.1, 0.15) is 0 Å². The maximum absolute atomic E-state index is 15.2. The first-order valence-corrected chi connectivity index (χ1v) is 15.4. The van der Waals surface area contributed by atoms with Gasteiger partial charge in [0.05, 0.1) is 25.4 Å². The zero-order valence-corrected chi connectivity index (χ0v) is 25.2. The second kappa shape index (κ2) is 19.7. The number of aliphatic hydroxyl groups is 2. The number of methoxy groups -OCH3 is 1. The van der Waals surface area contributed by atoms with Gasteiger partial charge in [-0.2, -0.15) is 17.6 Å². The molecular formula is C32H54F4O5. The Morgan fingerprint density at radius 3 is 1.93 bits per heavy atom. The number of carbonyl (C=O) groups excluding carboxylic acids is 1. The quantitative estimate of drug-likeness (QED) is 0.0592. The summed E-state index contributed by atoms with van der Waals surface area (Å²) in [5.41, 5.74) is -0.0678. The fourth-order valence-corrected chi connectivity index (χ4v) is 6.11. The topological polar surface area (TPSA) is 76.0 Å². The number of hydrogen-bond acceptors (Lipinski definition) is 5. The molecule has 9 heteroatoms. The van der Waals surface area contributed by atoms with Crippen molar-refractivity contribution in [1.82, 2.24) is 0 Å². The zero-order chi connectivity index (χ0) is 30.9. The first-order chi connectivity index (χ1) is 19.5. The summed E-state index contributed by atoms with van der Waals surface area (Å²) in [5.74, 6) is -11.2. The molecule has 41 heavy (non-hydrogen) atoms. The second-order valence-corrected chi connectivity index (χ2v) is 11.8. The minimum atomic E-state index is -4.03. The van der Waals surface area contributed by atoms with Crippen LogP contribution in [0.15, 0.2) is 24.8 Å². The number of halogens is 4. The summed E-state index contributed by atoms with van der Waals surface area (Å²) in [4.78, 5) is 11.8. The summed E-state index contributed by atoms with van der Waals surface area (Å²) in [5, 5.41) is 17.1. The maximum Gasteiger partial charge on any atom is 0.335 e. The van der Waals surface area contributed by atoms with Gasteiger partial charge in [0.15, 0.2) is 0 Å². The van der Waals surface area contributed by atoms with Crippen LogP contribution in [0.1, 0.15) is 96.8 Å². The Morgan fingerprint density at radius 2 is 1.49 bits per heavy atom. The predicted molar refractivity (Wildman–Crippen MR) is 154 cm³/mol. The smallest absolute Gasteiger partial charge is 0.335 e. The van der Waals surface area contributed by atoms with Gasteiger partial charge >= 0.3 is 17.8 Å². The number of esters is 1. The zero-order valence-electron chi connectivity index (χ0n) is 25.2. The number of alkyl halides is 4. The Morgan fingerprint density at radius 1 is 0.927 bits per heavy atom. The number of aliphatic hydroxyl groups excluding tert-OH is 2. The molecule has 2 fully saturated rings. The summed E-state index contributed by atoms with van der Waals surface area (Å²) in [6.07, 6.45) is 10.2. The molecular weight excluding hydrogens is 540 g/mol. The molecule has 1 atom stereocenters. The van der Waals surface area contributed by atoms with E-state index in [9.17, 15) is 4.79 Å². The molecule has 240 valence electrons. The summed E-state index contributed by atoms with van der Waals surface area (Å²) >= 11 is 0. The number of unbranched alkanes of at least 4 members (excludes halogenated alkanes) is 3. The van der Waals surface area contributed by atoms with Crippen LogP contribution in [0.2, 0.25) is 0 Å². The van der Waals surface area contributed by atoms with Crippen molar-refractivity contribution < 1.29 is 42.0 Å². The lowest BCUT2D eigenvalue weighted by molar-refractivity contribution is -0.270. The lowest BCUT2D eigenvalue weighted by Gasteiger charge is -2.43. The van der Waals surface area contributed by atoms with Crippen LogP contribution < -0.4 is 0 Å². The second-order valence-electron chi connectivity index (χ2n) is 11.8. The van der Waals surface area contributed by atoms with E-state index < -0.39 is 36.3 Å². The van der Waals surface area contributed by atoms with Crippen LogP contribution in [0.4, 0.5) is 17.6 Å². The van der Waals surface area contributed by atoms with Gasteiger partial charge in [0, 0.05) is 31.5 Å². The Balaban J connectivity index is 0.00000126. The van der Waals surface area contributed by atoms with Crippen molar-refractivity contribution >= 4 is 5.97 Å². The SMILES string of the molecule is C=C(CO)C(=O)OCC(COC)C1CCC(C(F)(F)C(F)(F)C2CCC(CCCCC)CC2)CC1.C=CCCCO. The van der Waals surface area contributed by atoms with E-state index in [1.807, 2.05) is 0 Å². The van der Waals surface area contributed by atoms with Crippen molar-refractivity contribution in [1.29, 1.82) is 0 Å². The summed E-state index contributed by atoms with van der Waals surface area (Å²) in [6.45, 7) is 9.07. The fraction of sp³-hybridized carbons (Fsp3) is 0.844. The highest BCUT2D eigenvalue weighted by atomic mass is 19.3.